The molecule has 0 radical (unpaired) electrons. The molecule has 2 aromatic carbocycles. The molecule has 23 heavy (non-hydrogen) atoms. The molecule has 0 unspecified atom stereocenters. The fraction of sp³-hybridized carbons (Fsp3) is 0.316. The van der Waals surface area contributed by atoms with Crippen LogP contribution in [0.25, 0.3) is 11.1 Å². The van der Waals surface area contributed by atoms with Crippen LogP contribution in [0.3, 0.4) is 0 Å². The molecule has 0 bridgehead atoms. The molecule has 0 heterocycles. The lowest BCUT2D eigenvalue weighted by molar-refractivity contribution is 0.0697. The third-order valence-electron chi connectivity index (χ3n) is 3.71. The van der Waals surface area contributed by atoms with Crippen LogP contribution in [0, 0.1) is 6.92 Å². The number of carboxylic acids is 1. The van der Waals surface area contributed by atoms with Crippen molar-refractivity contribution in [2.24, 2.45) is 0 Å². The first kappa shape index (κ1) is 17.8. The molecule has 2 rings (SSSR count). The number of carboxylic acid groups (broad SMARTS) is 1. The largest absolute Gasteiger partial charge is 0.493 e. The molecule has 0 aliphatic heterocycles. The smallest absolute Gasteiger partial charge is 0.335 e. The first-order chi connectivity index (χ1) is 11.1. The highest BCUT2D eigenvalue weighted by Gasteiger charge is 2.12. The van der Waals surface area contributed by atoms with Crippen molar-refractivity contribution < 1.29 is 14.6 Å². The number of ether oxygens (including phenoxy) is 1. The highest BCUT2D eigenvalue weighted by Crippen LogP contribution is 2.31. The predicted octanol–water partition coefficient (Wildman–Crippen LogP) is 5.13. The summed E-state index contributed by atoms with van der Waals surface area (Å²) >= 11 is 2.29. The molecule has 0 fully saturated rings. The van der Waals surface area contributed by atoms with Gasteiger partial charge < -0.3 is 9.84 Å². The summed E-state index contributed by atoms with van der Waals surface area (Å²) in [5.74, 6) is -0.00437. The molecule has 4 heteroatoms. The topological polar surface area (TPSA) is 46.5 Å². The lowest BCUT2D eigenvalue weighted by Gasteiger charge is -2.14. The maximum atomic E-state index is 11.2. The van der Waals surface area contributed by atoms with Crippen molar-refractivity contribution in [2.75, 3.05) is 11.0 Å². The average Bonchev–Trinajstić information content (AvgIpc) is 2.53. The average molecular weight is 424 g/mol. The van der Waals surface area contributed by atoms with Crippen LogP contribution >= 0.6 is 22.6 Å². The van der Waals surface area contributed by atoms with E-state index in [4.69, 9.17) is 4.74 Å². The van der Waals surface area contributed by atoms with E-state index in [1.807, 2.05) is 18.2 Å². The van der Waals surface area contributed by atoms with Gasteiger partial charge in [0.15, 0.2) is 0 Å². The standard InChI is InChI=1S/C19H21IO3/c1-3-4-14-12-15(19(21)22)5-7-18(14)17-8-6-16(11-13(17)2)23-10-9-20/h5-8,11-12H,3-4,9-10H2,1-2H3,(H,21,22). The number of benzene rings is 2. The molecule has 122 valence electrons. The third-order valence-corrected chi connectivity index (χ3v) is 4.15. The molecule has 0 amide bonds. The summed E-state index contributed by atoms with van der Waals surface area (Å²) in [6.45, 7) is 4.87. The van der Waals surface area contributed by atoms with Gasteiger partial charge in [-0.3, -0.25) is 0 Å². The van der Waals surface area contributed by atoms with Crippen LogP contribution in [0.4, 0.5) is 0 Å². The second kappa shape index (κ2) is 8.34. The van der Waals surface area contributed by atoms with Crippen LogP contribution < -0.4 is 4.74 Å². The van der Waals surface area contributed by atoms with E-state index in [2.05, 4.69) is 42.5 Å². The quantitative estimate of drug-likeness (QED) is 0.496. The molecule has 0 atom stereocenters. The second-order valence-corrected chi connectivity index (χ2v) is 6.52. The van der Waals surface area contributed by atoms with Gasteiger partial charge in [-0.25, -0.2) is 4.79 Å². The number of halogens is 1. The van der Waals surface area contributed by atoms with E-state index in [9.17, 15) is 9.90 Å². The molecule has 0 saturated carbocycles. The lowest BCUT2D eigenvalue weighted by atomic mass is 9.92. The molecule has 2 aromatic rings. The SMILES string of the molecule is CCCc1cc(C(=O)O)ccc1-c1ccc(OCCI)cc1C. The van der Waals surface area contributed by atoms with Crippen molar-refractivity contribution >= 4 is 28.6 Å². The molecule has 0 saturated heterocycles. The van der Waals surface area contributed by atoms with Gasteiger partial charge in [0.2, 0.25) is 0 Å². The van der Waals surface area contributed by atoms with Crippen LogP contribution in [0.2, 0.25) is 0 Å². The minimum absolute atomic E-state index is 0.344. The summed E-state index contributed by atoms with van der Waals surface area (Å²) in [6, 6.07) is 11.5. The predicted molar refractivity (Wildman–Crippen MR) is 102 cm³/mol. The van der Waals surface area contributed by atoms with E-state index in [0.717, 1.165) is 45.3 Å². The van der Waals surface area contributed by atoms with Gasteiger partial charge in [0.05, 0.1) is 12.2 Å². The summed E-state index contributed by atoms with van der Waals surface area (Å²) < 4.78 is 6.62. The van der Waals surface area contributed by atoms with Gasteiger partial charge in [0.1, 0.15) is 5.75 Å². The molecule has 0 spiro atoms. The number of rotatable bonds is 7. The molecule has 0 aromatic heterocycles. The fourth-order valence-corrected chi connectivity index (χ4v) is 2.87. The number of aromatic carboxylic acids is 1. The van der Waals surface area contributed by atoms with Gasteiger partial charge in [-0.05, 0) is 59.9 Å². The Hall–Kier alpha value is -1.56. The van der Waals surface area contributed by atoms with Crippen LogP contribution in [-0.4, -0.2) is 22.1 Å². The van der Waals surface area contributed by atoms with Crippen molar-refractivity contribution in [3.05, 3.63) is 53.1 Å². The van der Waals surface area contributed by atoms with Crippen molar-refractivity contribution in [3.63, 3.8) is 0 Å². The van der Waals surface area contributed by atoms with Crippen LogP contribution in [0.15, 0.2) is 36.4 Å². The van der Waals surface area contributed by atoms with Crippen LogP contribution in [-0.2, 0) is 6.42 Å². The third kappa shape index (κ3) is 4.47. The molecular formula is C19H21IO3. The Morgan fingerprint density at radius 3 is 2.52 bits per heavy atom. The molecular weight excluding hydrogens is 403 g/mol. The van der Waals surface area contributed by atoms with Crippen LogP contribution in [0.1, 0.15) is 34.8 Å². The summed E-state index contributed by atoms with van der Waals surface area (Å²) in [7, 11) is 0. The van der Waals surface area contributed by atoms with Crippen LogP contribution in [0.5, 0.6) is 5.75 Å². The minimum atomic E-state index is -0.881. The van der Waals surface area contributed by atoms with E-state index >= 15 is 0 Å². The highest BCUT2D eigenvalue weighted by molar-refractivity contribution is 14.1. The number of aryl methyl sites for hydroxylation is 2. The van der Waals surface area contributed by atoms with Gasteiger partial charge in [0.25, 0.3) is 0 Å². The minimum Gasteiger partial charge on any atom is -0.493 e. The van der Waals surface area contributed by atoms with E-state index in [-0.39, 0.29) is 0 Å². The first-order valence-corrected chi connectivity index (χ1v) is 9.25. The van der Waals surface area contributed by atoms with E-state index in [0.29, 0.717) is 12.2 Å². The normalized spacial score (nSPS) is 10.6. The number of alkyl halides is 1. The Balaban J connectivity index is 2.42. The molecule has 3 nitrogen and oxygen atoms in total. The van der Waals surface area contributed by atoms with Gasteiger partial charge in [0, 0.05) is 4.43 Å². The maximum absolute atomic E-state index is 11.2. The Morgan fingerprint density at radius 2 is 1.91 bits per heavy atom. The number of carbonyl (C=O) groups is 1. The molecule has 0 aliphatic rings. The zero-order chi connectivity index (χ0) is 16.8. The van der Waals surface area contributed by atoms with Crippen molar-refractivity contribution in [2.45, 2.75) is 26.7 Å². The zero-order valence-electron chi connectivity index (χ0n) is 13.4. The van der Waals surface area contributed by atoms with Gasteiger partial charge >= 0.3 is 5.97 Å². The second-order valence-electron chi connectivity index (χ2n) is 5.44. The zero-order valence-corrected chi connectivity index (χ0v) is 15.6. The first-order valence-electron chi connectivity index (χ1n) is 7.72. The van der Waals surface area contributed by atoms with Gasteiger partial charge in [-0.2, -0.15) is 0 Å². The summed E-state index contributed by atoms with van der Waals surface area (Å²) in [4.78, 5) is 11.2. The summed E-state index contributed by atoms with van der Waals surface area (Å²) in [6.07, 6.45) is 1.84. The van der Waals surface area contributed by atoms with Gasteiger partial charge in [-0.15, -0.1) is 0 Å². The van der Waals surface area contributed by atoms with Crippen molar-refractivity contribution in [3.8, 4) is 16.9 Å². The van der Waals surface area contributed by atoms with E-state index in [1.54, 1.807) is 12.1 Å². The Bertz CT molecular complexity index is 695. The summed E-state index contributed by atoms with van der Waals surface area (Å²) in [5, 5.41) is 9.20. The monoisotopic (exact) mass is 424 g/mol. The highest BCUT2D eigenvalue weighted by atomic mass is 127. The number of hydrogen-bond donors (Lipinski definition) is 1. The Kier molecular flexibility index (Phi) is 6.45. The molecule has 1 N–H and O–H groups in total. The summed E-state index contributed by atoms with van der Waals surface area (Å²) in [5.41, 5.74) is 4.80. The number of hydrogen-bond acceptors (Lipinski definition) is 2. The fourth-order valence-electron chi connectivity index (χ4n) is 2.65. The van der Waals surface area contributed by atoms with E-state index in [1.165, 1.54) is 0 Å². The van der Waals surface area contributed by atoms with Crippen molar-refractivity contribution in [1.82, 2.24) is 0 Å². The Morgan fingerprint density at radius 1 is 1.17 bits per heavy atom. The van der Waals surface area contributed by atoms with E-state index < -0.39 is 5.97 Å². The Labute approximate surface area is 150 Å². The molecule has 0 aliphatic carbocycles. The maximum Gasteiger partial charge on any atom is 0.335 e. The van der Waals surface area contributed by atoms with Crippen molar-refractivity contribution in [1.29, 1.82) is 0 Å². The lowest BCUT2D eigenvalue weighted by Crippen LogP contribution is -2.01. The van der Waals surface area contributed by atoms with Gasteiger partial charge in [-0.1, -0.05) is 48.1 Å².